The van der Waals surface area contributed by atoms with Crippen molar-refractivity contribution in [2.24, 2.45) is 11.3 Å². The summed E-state index contributed by atoms with van der Waals surface area (Å²) >= 11 is 20.7. The number of thiocarbonyl (C=S) groups is 1. The van der Waals surface area contributed by atoms with E-state index in [0.717, 1.165) is 34.9 Å². The van der Waals surface area contributed by atoms with Crippen LogP contribution >= 0.6 is 58.1 Å². The van der Waals surface area contributed by atoms with Gasteiger partial charge in [0, 0.05) is 20.0 Å². The first-order valence-corrected chi connectivity index (χ1v) is 12.9. The summed E-state index contributed by atoms with van der Waals surface area (Å²) in [5.74, 6) is 0.181. The average Bonchev–Trinajstić information content (AvgIpc) is 3.22. The van der Waals surface area contributed by atoms with E-state index in [0.29, 0.717) is 31.4 Å². The molecule has 0 fully saturated rings. The highest BCUT2D eigenvalue weighted by atomic mass is 35.5. The summed E-state index contributed by atoms with van der Waals surface area (Å²) < 4.78 is 0.831. The van der Waals surface area contributed by atoms with Crippen LogP contribution in [0.2, 0.25) is 10.0 Å². The Morgan fingerprint density at radius 3 is 2.72 bits per heavy atom. The van der Waals surface area contributed by atoms with E-state index >= 15 is 0 Å². The number of nitrogens with zero attached hydrogens (tertiary/aromatic N) is 1. The van der Waals surface area contributed by atoms with E-state index < -0.39 is 5.91 Å². The van der Waals surface area contributed by atoms with Crippen LogP contribution < -0.4 is 10.6 Å². The van der Waals surface area contributed by atoms with Gasteiger partial charge in [-0.25, -0.2) is 0 Å². The van der Waals surface area contributed by atoms with E-state index in [1.165, 1.54) is 16.2 Å². The van der Waals surface area contributed by atoms with Crippen LogP contribution in [0.4, 0.5) is 5.00 Å². The van der Waals surface area contributed by atoms with Crippen molar-refractivity contribution in [3.8, 4) is 6.07 Å². The molecule has 0 saturated heterocycles. The van der Waals surface area contributed by atoms with Crippen LogP contribution in [0.15, 0.2) is 18.2 Å². The molecule has 166 valence electrons. The molecule has 1 atom stereocenters. The summed E-state index contributed by atoms with van der Waals surface area (Å²) in [5, 5.41) is 18.1. The van der Waals surface area contributed by atoms with E-state index in [2.05, 4.69) is 37.5 Å². The number of carbonyl (C=O) groups is 1. The number of amides is 1. The minimum atomic E-state index is -0.391. The molecular formula is C23H21Cl2N3OS3. The fraction of sp³-hybridized carbons (Fsp3) is 0.348. The van der Waals surface area contributed by atoms with Crippen molar-refractivity contribution in [2.45, 2.75) is 40.0 Å². The van der Waals surface area contributed by atoms with Crippen molar-refractivity contribution in [2.75, 3.05) is 5.32 Å². The maximum absolute atomic E-state index is 12.8. The molecule has 1 aliphatic rings. The lowest BCUT2D eigenvalue weighted by Crippen LogP contribution is -2.33. The van der Waals surface area contributed by atoms with E-state index in [1.807, 2.05) is 0 Å². The predicted octanol–water partition coefficient (Wildman–Crippen LogP) is 7.42. The molecule has 9 heteroatoms. The van der Waals surface area contributed by atoms with Gasteiger partial charge in [-0.2, -0.15) is 5.26 Å². The summed E-state index contributed by atoms with van der Waals surface area (Å²) in [7, 11) is 0. The second-order valence-corrected chi connectivity index (χ2v) is 12.3. The maximum atomic E-state index is 12.8. The van der Waals surface area contributed by atoms with Crippen molar-refractivity contribution < 1.29 is 4.79 Å². The van der Waals surface area contributed by atoms with Crippen LogP contribution in [0.25, 0.3) is 10.1 Å². The van der Waals surface area contributed by atoms with E-state index in [1.54, 1.807) is 29.5 Å². The number of benzene rings is 1. The molecule has 2 N–H and O–H groups in total. The van der Waals surface area contributed by atoms with E-state index in [-0.39, 0.29) is 10.5 Å². The fourth-order valence-electron chi connectivity index (χ4n) is 4.01. The van der Waals surface area contributed by atoms with Gasteiger partial charge in [0.05, 0.1) is 10.6 Å². The SMILES string of the molecule is CC(C)(C)[C@@H]1CCc2c(sc(NC(=S)NC(=O)c3sc4cc(Cl)ccc4c3Cl)c2C#N)C1. The van der Waals surface area contributed by atoms with Crippen LogP contribution in [0, 0.1) is 22.7 Å². The second-order valence-electron chi connectivity index (χ2n) is 8.92. The number of nitriles is 1. The second kappa shape index (κ2) is 8.92. The topological polar surface area (TPSA) is 64.9 Å². The lowest BCUT2D eigenvalue weighted by molar-refractivity contribution is 0.0982. The Morgan fingerprint density at radius 2 is 2.03 bits per heavy atom. The number of rotatable bonds is 2. The first kappa shape index (κ1) is 23.5. The third kappa shape index (κ3) is 4.52. The van der Waals surface area contributed by atoms with Gasteiger partial charge < -0.3 is 5.32 Å². The molecule has 1 aliphatic carbocycles. The molecule has 0 aliphatic heterocycles. The zero-order valence-corrected chi connectivity index (χ0v) is 21.7. The van der Waals surface area contributed by atoms with Gasteiger partial charge in [0.2, 0.25) is 0 Å². The van der Waals surface area contributed by atoms with Crippen molar-refractivity contribution in [1.29, 1.82) is 5.26 Å². The van der Waals surface area contributed by atoms with Crippen molar-refractivity contribution in [3.63, 3.8) is 0 Å². The van der Waals surface area contributed by atoms with Gasteiger partial charge in [-0.15, -0.1) is 22.7 Å². The third-order valence-electron chi connectivity index (χ3n) is 5.85. The lowest BCUT2D eigenvalue weighted by atomic mass is 9.72. The Hall–Kier alpha value is -1.69. The van der Waals surface area contributed by atoms with Crippen LogP contribution in [0.3, 0.4) is 0 Å². The molecule has 0 bridgehead atoms. The maximum Gasteiger partial charge on any atom is 0.269 e. The van der Waals surface area contributed by atoms with Crippen LogP contribution in [-0.4, -0.2) is 11.0 Å². The molecule has 0 spiro atoms. The first-order valence-electron chi connectivity index (χ1n) is 10.1. The smallest absolute Gasteiger partial charge is 0.269 e. The van der Waals surface area contributed by atoms with Gasteiger partial charge in [0.25, 0.3) is 5.91 Å². The third-order valence-corrected chi connectivity index (χ3v) is 9.12. The van der Waals surface area contributed by atoms with Crippen LogP contribution in [0.5, 0.6) is 0 Å². The van der Waals surface area contributed by atoms with E-state index in [4.69, 9.17) is 35.4 Å². The number of halogens is 2. The van der Waals surface area contributed by atoms with Crippen LogP contribution in [-0.2, 0) is 12.8 Å². The molecule has 4 rings (SSSR count). The molecule has 4 nitrogen and oxygen atoms in total. The lowest BCUT2D eigenvalue weighted by Gasteiger charge is -2.33. The first-order chi connectivity index (χ1) is 15.1. The molecule has 2 aromatic heterocycles. The number of nitrogens with one attached hydrogen (secondary N) is 2. The Balaban J connectivity index is 1.52. The van der Waals surface area contributed by atoms with Crippen LogP contribution in [0.1, 0.15) is 52.9 Å². The minimum absolute atomic E-state index is 0.143. The molecular weight excluding hydrogens is 501 g/mol. The molecule has 32 heavy (non-hydrogen) atoms. The number of thiophene rings is 2. The highest BCUT2D eigenvalue weighted by molar-refractivity contribution is 7.80. The van der Waals surface area contributed by atoms with Gasteiger partial charge >= 0.3 is 0 Å². The molecule has 3 aromatic rings. The van der Waals surface area contributed by atoms with Gasteiger partial charge in [-0.1, -0.05) is 50.0 Å². The van der Waals surface area contributed by atoms with Gasteiger partial charge in [-0.3, -0.25) is 10.1 Å². The zero-order valence-electron chi connectivity index (χ0n) is 17.8. The van der Waals surface area contributed by atoms with E-state index in [9.17, 15) is 10.1 Å². The fourth-order valence-corrected chi connectivity index (χ4v) is 7.24. The van der Waals surface area contributed by atoms with Gasteiger partial charge in [0.15, 0.2) is 5.11 Å². The Bertz CT molecular complexity index is 1280. The number of carbonyl (C=O) groups excluding carboxylic acids is 1. The molecule has 1 amide bonds. The quantitative estimate of drug-likeness (QED) is 0.344. The van der Waals surface area contributed by atoms with Gasteiger partial charge in [-0.05, 0) is 60.5 Å². The van der Waals surface area contributed by atoms with Crippen molar-refractivity contribution in [1.82, 2.24) is 5.32 Å². The largest absolute Gasteiger partial charge is 0.323 e. The van der Waals surface area contributed by atoms with Crippen molar-refractivity contribution in [3.05, 3.63) is 49.1 Å². The number of anilines is 1. The standard InChI is InChI=1S/C23H21Cl2N3OS3/c1-23(2,3)11-4-6-13-15(10-26)21(32-16(13)8-11)28-22(30)27-20(29)19-18(25)14-7-5-12(24)9-17(14)31-19/h5,7,9,11H,4,6,8H2,1-3H3,(H2,27,28,29,30)/t11-/m1/s1. The average molecular weight is 523 g/mol. The summed E-state index contributed by atoms with van der Waals surface area (Å²) in [5.41, 5.74) is 1.96. The molecule has 2 heterocycles. The molecule has 1 aromatic carbocycles. The number of fused-ring (bicyclic) bond motifs is 2. The van der Waals surface area contributed by atoms with Crippen molar-refractivity contribution >= 4 is 84.2 Å². The summed E-state index contributed by atoms with van der Waals surface area (Å²) in [6.45, 7) is 6.79. The predicted molar refractivity (Wildman–Crippen MR) is 140 cm³/mol. The molecule has 0 saturated carbocycles. The normalized spacial score (nSPS) is 15.8. The Kier molecular flexibility index (Phi) is 6.54. The van der Waals surface area contributed by atoms with Gasteiger partial charge in [0.1, 0.15) is 15.9 Å². The summed E-state index contributed by atoms with van der Waals surface area (Å²) in [4.78, 5) is 14.4. The monoisotopic (exact) mass is 521 g/mol. The number of hydrogen-bond acceptors (Lipinski definition) is 5. The summed E-state index contributed by atoms with van der Waals surface area (Å²) in [6.07, 6.45) is 2.91. The molecule has 0 unspecified atom stereocenters. The Labute approximate surface area is 210 Å². The summed E-state index contributed by atoms with van der Waals surface area (Å²) in [6, 6.07) is 7.64. The molecule has 0 radical (unpaired) electrons. The Morgan fingerprint density at radius 1 is 1.28 bits per heavy atom. The highest BCUT2D eigenvalue weighted by Gasteiger charge is 2.32. The minimum Gasteiger partial charge on any atom is -0.323 e. The number of hydrogen-bond donors (Lipinski definition) is 2. The zero-order chi connectivity index (χ0) is 23.2. The highest BCUT2D eigenvalue weighted by Crippen LogP contribution is 2.44.